The second-order valence-corrected chi connectivity index (χ2v) is 4.30. The fraction of sp³-hybridized carbons (Fsp3) is 0.600. The molecule has 1 aromatic rings. The highest BCUT2D eigenvalue weighted by Gasteiger charge is 2.43. The molecule has 80 valence electrons. The SMILES string of the molecule is NC1(c2nc3c(c(=O)[nH]2)CCOC3)CC1. The van der Waals surface area contributed by atoms with E-state index in [0.29, 0.717) is 25.5 Å². The van der Waals surface area contributed by atoms with Crippen molar-refractivity contribution in [2.45, 2.75) is 31.4 Å². The van der Waals surface area contributed by atoms with E-state index >= 15 is 0 Å². The van der Waals surface area contributed by atoms with Crippen molar-refractivity contribution < 1.29 is 4.74 Å². The lowest BCUT2D eigenvalue weighted by Crippen LogP contribution is -2.31. The largest absolute Gasteiger partial charge is 0.375 e. The van der Waals surface area contributed by atoms with Gasteiger partial charge >= 0.3 is 0 Å². The highest BCUT2D eigenvalue weighted by molar-refractivity contribution is 5.24. The summed E-state index contributed by atoms with van der Waals surface area (Å²) in [5.41, 5.74) is 7.09. The van der Waals surface area contributed by atoms with Crippen molar-refractivity contribution >= 4 is 0 Å². The van der Waals surface area contributed by atoms with E-state index in [2.05, 4.69) is 9.97 Å². The molecule has 5 heteroatoms. The van der Waals surface area contributed by atoms with E-state index in [4.69, 9.17) is 10.5 Å². The molecule has 15 heavy (non-hydrogen) atoms. The molecule has 1 saturated carbocycles. The van der Waals surface area contributed by atoms with Crippen molar-refractivity contribution in [1.82, 2.24) is 9.97 Å². The van der Waals surface area contributed by atoms with E-state index in [1.165, 1.54) is 0 Å². The van der Waals surface area contributed by atoms with Crippen LogP contribution in [-0.2, 0) is 23.3 Å². The summed E-state index contributed by atoms with van der Waals surface area (Å²) in [5, 5.41) is 0. The van der Waals surface area contributed by atoms with Gasteiger partial charge in [0.05, 0.1) is 24.4 Å². The summed E-state index contributed by atoms with van der Waals surface area (Å²) >= 11 is 0. The van der Waals surface area contributed by atoms with Gasteiger partial charge in [0, 0.05) is 12.0 Å². The van der Waals surface area contributed by atoms with E-state index in [0.717, 1.165) is 24.1 Å². The number of nitrogens with zero attached hydrogens (tertiary/aromatic N) is 1. The maximum Gasteiger partial charge on any atom is 0.254 e. The number of hydrogen-bond donors (Lipinski definition) is 2. The Hall–Kier alpha value is -1.20. The van der Waals surface area contributed by atoms with Gasteiger partial charge in [-0.3, -0.25) is 4.79 Å². The molecule has 0 amide bonds. The molecule has 3 N–H and O–H groups in total. The Bertz CT molecular complexity index is 462. The first-order valence-corrected chi connectivity index (χ1v) is 5.18. The van der Waals surface area contributed by atoms with Crippen molar-refractivity contribution in [3.05, 3.63) is 27.4 Å². The molecule has 0 bridgehead atoms. The Balaban J connectivity index is 2.13. The summed E-state index contributed by atoms with van der Waals surface area (Å²) in [6.45, 7) is 1.03. The number of ether oxygens (including phenoxy) is 1. The fourth-order valence-electron chi connectivity index (χ4n) is 1.87. The van der Waals surface area contributed by atoms with Crippen molar-refractivity contribution in [3.63, 3.8) is 0 Å². The molecule has 2 aliphatic rings. The summed E-state index contributed by atoms with van der Waals surface area (Å²) < 4.78 is 5.28. The summed E-state index contributed by atoms with van der Waals surface area (Å²) in [6, 6.07) is 0. The van der Waals surface area contributed by atoms with Crippen LogP contribution in [0.1, 0.15) is 29.9 Å². The number of fused-ring (bicyclic) bond motifs is 1. The minimum absolute atomic E-state index is 0.0463. The number of aromatic amines is 1. The molecule has 1 aliphatic heterocycles. The Kier molecular flexibility index (Phi) is 1.75. The minimum atomic E-state index is -0.383. The smallest absolute Gasteiger partial charge is 0.254 e. The van der Waals surface area contributed by atoms with E-state index in [-0.39, 0.29) is 11.1 Å². The van der Waals surface area contributed by atoms with E-state index in [9.17, 15) is 4.79 Å². The van der Waals surface area contributed by atoms with Gasteiger partial charge in [0.15, 0.2) is 0 Å². The Morgan fingerprint density at radius 3 is 3.00 bits per heavy atom. The molecule has 0 atom stereocenters. The Morgan fingerprint density at radius 1 is 1.47 bits per heavy atom. The Labute approximate surface area is 86.7 Å². The zero-order valence-corrected chi connectivity index (χ0v) is 8.38. The lowest BCUT2D eigenvalue weighted by atomic mass is 10.1. The van der Waals surface area contributed by atoms with E-state index < -0.39 is 0 Å². The maximum absolute atomic E-state index is 11.8. The average molecular weight is 207 g/mol. The summed E-state index contributed by atoms with van der Waals surface area (Å²) in [7, 11) is 0. The zero-order chi connectivity index (χ0) is 10.5. The molecule has 1 aromatic heterocycles. The molecular formula is C10H13N3O2. The topological polar surface area (TPSA) is 81.0 Å². The molecule has 5 nitrogen and oxygen atoms in total. The first-order valence-electron chi connectivity index (χ1n) is 5.18. The van der Waals surface area contributed by atoms with Gasteiger partial charge in [0.25, 0.3) is 5.56 Å². The van der Waals surface area contributed by atoms with Gasteiger partial charge in [0.2, 0.25) is 0 Å². The van der Waals surface area contributed by atoms with Crippen LogP contribution in [0.25, 0.3) is 0 Å². The average Bonchev–Trinajstić information content (AvgIpc) is 2.98. The van der Waals surface area contributed by atoms with Crippen LogP contribution in [0.2, 0.25) is 0 Å². The standard InChI is InChI=1S/C10H13N3O2/c11-10(2-3-10)9-12-7-5-15-4-1-6(7)8(14)13-9/h1-5,11H2,(H,12,13,14). The van der Waals surface area contributed by atoms with Crippen molar-refractivity contribution in [2.24, 2.45) is 5.73 Å². The molecule has 3 rings (SSSR count). The monoisotopic (exact) mass is 207 g/mol. The second-order valence-electron chi connectivity index (χ2n) is 4.30. The van der Waals surface area contributed by atoms with Gasteiger partial charge in [-0.05, 0) is 12.8 Å². The van der Waals surface area contributed by atoms with Crippen LogP contribution >= 0.6 is 0 Å². The first kappa shape index (κ1) is 9.06. The third kappa shape index (κ3) is 1.39. The van der Waals surface area contributed by atoms with Crippen molar-refractivity contribution in [1.29, 1.82) is 0 Å². The lowest BCUT2D eigenvalue weighted by molar-refractivity contribution is 0.106. The van der Waals surface area contributed by atoms with Gasteiger partial charge in [-0.25, -0.2) is 4.98 Å². The fourth-order valence-corrected chi connectivity index (χ4v) is 1.87. The second kappa shape index (κ2) is 2.90. The number of rotatable bonds is 1. The van der Waals surface area contributed by atoms with Crippen LogP contribution in [0.15, 0.2) is 4.79 Å². The lowest BCUT2D eigenvalue weighted by Gasteiger charge is -2.17. The normalized spacial score (nSPS) is 22.2. The first-order chi connectivity index (χ1) is 7.19. The molecule has 0 radical (unpaired) electrons. The number of nitrogens with one attached hydrogen (secondary N) is 1. The van der Waals surface area contributed by atoms with Gasteiger partial charge in [-0.15, -0.1) is 0 Å². The summed E-state index contributed by atoms with van der Waals surface area (Å²) in [5.74, 6) is 0.622. The maximum atomic E-state index is 11.8. The van der Waals surface area contributed by atoms with Crippen LogP contribution in [0.5, 0.6) is 0 Å². The quantitative estimate of drug-likeness (QED) is 0.667. The molecule has 1 fully saturated rings. The molecule has 0 unspecified atom stereocenters. The number of H-pyrrole nitrogens is 1. The highest BCUT2D eigenvalue weighted by Crippen LogP contribution is 2.40. The Morgan fingerprint density at radius 2 is 2.27 bits per heavy atom. The van der Waals surface area contributed by atoms with Crippen LogP contribution in [-0.4, -0.2) is 16.6 Å². The van der Waals surface area contributed by atoms with E-state index in [1.807, 2.05) is 0 Å². The van der Waals surface area contributed by atoms with Gasteiger partial charge in [-0.1, -0.05) is 0 Å². The number of aromatic nitrogens is 2. The van der Waals surface area contributed by atoms with Crippen LogP contribution in [0, 0.1) is 0 Å². The molecule has 0 saturated heterocycles. The summed E-state index contributed by atoms with van der Waals surface area (Å²) in [6.07, 6.45) is 2.45. The number of nitrogens with two attached hydrogens (primary N) is 1. The third-order valence-corrected chi connectivity index (χ3v) is 3.10. The molecular weight excluding hydrogens is 194 g/mol. The summed E-state index contributed by atoms with van der Waals surface area (Å²) in [4.78, 5) is 18.9. The predicted octanol–water partition coefficient (Wildman–Crippen LogP) is -0.210. The van der Waals surface area contributed by atoms with Crippen LogP contribution in [0.4, 0.5) is 0 Å². The van der Waals surface area contributed by atoms with Crippen molar-refractivity contribution in [2.75, 3.05) is 6.61 Å². The molecule has 0 aromatic carbocycles. The predicted molar refractivity (Wildman–Crippen MR) is 53.3 cm³/mol. The molecule has 2 heterocycles. The van der Waals surface area contributed by atoms with Crippen LogP contribution < -0.4 is 11.3 Å². The third-order valence-electron chi connectivity index (χ3n) is 3.10. The van der Waals surface area contributed by atoms with Gasteiger partial charge < -0.3 is 15.5 Å². The molecule has 0 spiro atoms. The number of hydrogen-bond acceptors (Lipinski definition) is 4. The van der Waals surface area contributed by atoms with Crippen molar-refractivity contribution in [3.8, 4) is 0 Å². The molecule has 1 aliphatic carbocycles. The highest BCUT2D eigenvalue weighted by atomic mass is 16.5. The zero-order valence-electron chi connectivity index (χ0n) is 8.38. The van der Waals surface area contributed by atoms with Gasteiger partial charge in [0.1, 0.15) is 5.82 Å². The van der Waals surface area contributed by atoms with Crippen LogP contribution in [0.3, 0.4) is 0 Å². The minimum Gasteiger partial charge on any atom is -0.375 e. The van der Waals surface area contributed by atoms with Gasteiger partial charge in [-0.2, -0.15) is 0 Å². The van der Waals surface area contributed by atoms with E-state index in [1.54, 1.807) is 0 Å².